The summed E-state index contributed by atoms with van der Waals surface area (Å²) in [7, 11) is 2.03. The SMILES string of the molecule is Cn1c(CCCNC(=O)CCC(=O)N2CCCCCC2)nc2ccccc21. The van der Waals surface area contributed by atoms with Gasteiger partial charge in [0.25, 0.3) is 0 Å². The van der Waals surface area contributed by atoms with E-state index in [1.807, 2.05) is 30.1 Å². The van der Waals surface area contributed by atoms with Crippen molar-refractivity contribution in [3.8, 4) is 0 Å². The van der Waals surface area contributed by atoms with E-state index >= 15 is 0 Å². The first-order chi connectivity index (χ1) is 13.1. The van der Waals surface area contributed by atoms with E-state index in [9.17, 15) is 9.59 Å². The van der Waals surface area contributed by atoms with Gasteiger partial charge in [-0.25, -0.2) is 4.98 Å². The Labute approximate surface area is 160 Å². The lowest BCUT2D eigenvalue weighted by molar-refractivity contribution is -0.133. The molecule has 1 saturated heterocycles. The number of rotatable bonds is 7. The molecule has 0 radical (unpaired) electrons. The van der Waals surface area contributed by atoms with Crippen molar-refractivity contribution < 1.29 is 9.59 Å². The molecule has 1 aliphatic rings. The fourth-order valence-electron chi connectivity index (χ4n) is 3.68. The number of aryl methyl sites for hydroxylation is 2. The lowest BCUT2D eigenvalue weighted by Crippen LogP contribution is -2.33. The van der Waals surface area contributed by atoms with Gasteiger partial charge in [0.05, 0.1) is 11.0 Å². The molecule has 1 N–H and O–H groups in total. The van der Waals surface area contributed by atoms with Crippen LogP contribution in [-0.4, -0.2) is 45.9 Å². The summed E-state index contributed by atoms with van der Waals surface area (Å²) in [5.41, 5.74) is 2.13. The smallest absolute Gasteiger partial charge is 0.223 e. The summed E-state index contributed by atoms with van der Waals surface area (Å²) in [6.07, 6.45) is 6.82. The van der Waals surface area contributed by atoms with Gasteiger partial charge >= 0.3 is 0 Å². The highest BCUT2D eigenvalue weighted by molar-refractivity contribution is 5.83. The number of fused-ring (bicyclic) bond motifs is 1. The average molecular weight is 370 g/mol. The lowest BCUT2D eigenvalue weighted by Gasteiger charge is -2.20. The van der Waals surface area contributed by atoms with Crippen molar-refractivity contribution in [3.63, 3.8) is 0 Å². The lowest BCUT2D eigenvalue weighted by atomic mass is 10.2. The maximum absolute atomic E-state index is 12.2. The summed E-state index contributed by atoms with van der Waals surface area (Å²) in [4.78, 5) is 30.8. The zero-order valence-electron chi connectivity index (χ0n) is 16.2. The molecule has 0 aliphatic carbocycles. The molecule has 0 unspecified atom stereocenters. The van der Waals surface area contributed by atoms with Crippen molar-refractivity contribution in [1.82, 2.24) is 19.8 Å². The van der Waals surface area contributed by atoms with Crippen molar-refractivity contribution in [2.45, 2.75) is 51.4 Å². The van der Waals surface area contributed by atoms with Crippen molar-refractivity contribution in [3.05, 3.63) is 30.1 Å². The zero-order chi connectivity index (χ0) is 19.1. The first kappa shape index (κ1) is 19.4. The van der Waals surface area contributed by atoms with Gasteiger partial charge in [-0.05, 0) is 31.4 Å². The summed E-state index contributed by atoms with van der Waals surface area (Å²) in [6, 6.07) is 8.09. The maximum atomic E-state index is 12.2. The van der Waals surface area contributed by atoms with Crippen molar-refractivity contribution in [2.24, 2.45) is 7.05 Å². The molecule has 0 spiro atoms. The Bertz CT molecular complexity index is 776. The van der Waals surface area contributed by atoms with E-state index in [2.05, 4.69) is 20.9 Å². The molecule has 6 heteroatoms. The van der Waals surface area contributed by atoms with Crippen molar-refractivity contribution in [2.75, 3.05) is 19.6 Å². The number of hydrogen-bond acceptors (Lipinski definition) is 3. The Kier molecular flexibility index (Phi) is 6.85. The summed E-state index contributed by atoms with van der Waals surface area (Å²) in [5, 5.41) is 2.93. The monoisotopic (exact) mass is 370 g/mol. The highest BCUT2D eigenvalue weighted by atomic mass is 16.2. The molecule has 1 aromatic heterocycles. The van der Waals surface area contributed by atoms with E-state index < -0.39 is 0 Å². The number of carbonyl (C=O) groups is 2. The van der Waals surface area contributed by atoms with Crippen LogP contribution in [0.15, 0.2) is 24.3 Å². The third kappa shape index (κ3) is 5.31. The number of hydrogen-bond donors (Lipinski definition) is 1. The van der Waals surface area contributed by atoms with Crippen LogP contribution in [0.4, 0.5) is 0 Å². The van der Waals surface area contributed by atoms with E-state index in [1.54, 1.807) is 0 Å². The second-order valence-corrected chi connectivity index (χ2v) is 7.32. The summed E-state index contributed by atoms with van der Waals surface area (Å²) < 4.78 is 2.11. The van der Waals surface area contributed by atoms with Crippen molar-refractivity contribution in [1.29, 1.82) is 0 Å². The Hall–Kier alpha value is -2.37. The number of imidazole rings is 1. The predicted molar refractivity (Wildman–Crippen MR) is 106 cm³/mol. The second kappa shape index (κ2) is 9.53. The van der Waals surface area contributed by atoms with Gasteiger partial charge in [-0.1, -0.05) is 25.0 Å². The Balaban J connectivity index is 1.35. The van der Waals surface area contributed by atoms with Crippen LogP contribution in [0.3, 0.4) is 0 Å². The molecular weight excluding hydrogens is 340 g/mol. The average Bonchev–Trinajstić information content (AvgIpc) is 2.86. The molecule has 6 nitrogen and oxygen atoms in total. The number of likely N-dealkylation sites (tertiary alicyclic amines) is 1. The molecule has 27 heavy (non-hydrogen) atoms. The minimum Gasteiger partial charge on any atom is -0.356 e. The van der Waals surface area contributed by atoms with Gasteiger partial charge in [-0.2, -0.15) is 0 Å². The van der Waals surface area contributed by atoms with Crippen molar-refractivity contribution >= 4 is 22.8 Å². The third-order valence-corrected chi connectivity index (χ3v) is 5.30. The number of carbonyl (C=O) groups excluding carboxylic acids is 2. The predicted octanol–water partition coefficient (Wildman–Crippen LogP) is 2.80. The van der Waals surface area contributed by atoms with Gasteiger partial charge in [-0.3, -0.25) is 9.59 Å². The van der Waals surface area contributed by atoms with E-state index in [0.717, 1.165) is 55.6 Å². The highest BCUT2D eigenvalue weighted by Gasteiger charge is 2.16. The molecule has 0 atom stereocenters. The number of nitrogens with one attached hydrogen (secondary N) is 1. The number of nitrogens with zero attached hydrogens (tertiary/aromatic N) is 3. The van der Waals surface area contributed by atoms with Crippen LogP contribution in [0.25, 0.3) is 11.0 Å². The molecule has 0 bridgehead atoms. The first-order valence-electron chi connectivity index (χ1n) is 10.1. The summed E-state index contributed by atoms with van der Waals surface area (Å²) >= 11 is 0. The molecule has 2 aromatic rings. The summed E-state index contributed by atoms with van der Waals surface area (Å²) in [6.45, 7) is 2.30. The molecule has 3 rings (SSSR count). The normalized spacial score (nSPS) is 14.9. The molecule has 0 saturated carbocycles. The molecule has 2 amide bonds. The van der Waals surface area contributed by atoms with Gasteiger partial charge in [0.15, 0.2) is 0 Å². The minimum atomic E-state index is -0.0387. The van der Waals surface area contributed by atoms with E-state index in [-0.39, 0.29) is 18.2 Å². The second-order valence-electron chi connectivity index (χ2n) is 7.32. The molecule has 1 aliphatic heterocycles. The minimum absolute atomic E-state index is 0.0387. The van der Waals surface area contributed by atoms with Gasteiger partial charge < -0.3 is 14.8 Å². The fourth-order valence-corrected chi connectivity index (χ4v) is 3.68. The molecule has 146 valence electrons. The van der Waals surface area contributed by atoms with Gasteiger partial charge in [0.2, 0.25) is 11.8 Å². The van der Waals surface area contributed by atoms with Gasteiger partial charge in [0, 0.05) is 45.9 Å². The Morgan fingerprint density at radius 3 is 2.56 bits per heavy atom. The van der Waals surface area contributed by atoms with Gasteiger partial charge in [-0.15, -0.1) is 0 Å². The standard InChI is InChI=1S/C21H30N4O2/c1-24-18-10-5-4-9-17(18)23-19(24)11-8-14-22-20(26)12-13-21(27)25-15-6-2-3-7-16-25/h4-5,9-10H,2-3,6-8,11-16H2,1H3,(H,22,26). The number of aromatic nitrogens is 2. The van der Waals surface area contributed by atoms with Gasteiger partial charge in [0.1, 0.15) is 5.82 Å². The quantitative estimate of drug-likeness (QED) is 0.762. The molecule has 1 aromatic carbocycles. The van der Waals surface area contributed by atoms with Crippen LogP contribution < -0.4 is 5.32 Å². The van der Waals surface area contributed by atoms with Crippen LogP contribution in [0, 0.1) is 0 Å². The fraction of sp³-hybridized carbons (Fsp3) is 0.571. The molecular formula is C21H30N4O2. The largest absolute Gasteiger partial charge is 0.356 e. The van der Waals surface area contributed by atoms with Crippen LogP contribution in [-0.2, 0) is 23.1 Å². The van der Waals surface area contributed by atoms with Crippen LogP contribution in [0.1, 0.15) is 50.8 Å². The van der Waals surface area contributed by atoms with Crippen LogP contribution in [0.2, 0.25) is 0 Å². The maximum Gasteiger partial charge on any atom is 0.223 e. The van der Waals surface area contributed by atoms with Crippen LogP contribution in [0.5, 0.6) is 0 Å². The van der Waals surface area contributed by atoms with Crippen LogP contribution >= 0.6 is 0 Å². The Morgan fingerprint density at radius 2 is 1.81 bits per heavy atom. The van der Waals surface area contributed by atoms with E-state index in [1.165, 1.54) is 12.8 Å². The number of amides is 2. The van der Waals surface area contributed by atoms with E-state index in [0.29, 0.717) is 13.0 Å². The summed E-state index contributed by atoms with van der Waals surface area (Å²) in [5.74, 6) is 1.11. The Morgan fingerprint density at radius 1 is 1.07 bits per heavy atom. The topological polar surface area (TPSA) is 67.2 Å². The number of para-hydroxylation sites is 2. The third-order valence-electron chi connectivity index (χ3n) is 5.30. The highest BCUT2D eigenvalue weighted by Crippen LogP contribution is 2.15. The molecule has 2 heterocycles. The first-order valence-corrected chi connectivity index (χ1v) is 10.1. The van der Waals surface area contributed by atoms with E-state index in [4.69, 9.17) is 0 Å². The molecule has 1 fully saturated rings. The zero-order valence-corrected chi connectivity index (χ0v) is 16.2. The number of benzene rings is 1.